The first-order valence-electron chi connectivity index (χ1n) is 11.1. The van der Waals surface area contributed by atoms with Crippen molar-refractivity contribution < 1.29 is 19.1 Å². The Balaban J connectivity index is 1.55. The van der Waals surface area contributed by atoms with E-state index in [1.807, 2.05) is 6.92 Å². The molecule has 9 atom stereocenters. The molecule has 2 aliphatic heterocycles. The number of carbonyl (C=O) groups excluding carboxylic acids is 2. The maximum Gasteiger partial charge on any atom is 0.308 e. The van der Waals surface area contributed by atoms with Gasteiger partial charge in [0.15, 0.2) is 5.78 Å². The second-order valence-corrected chi connectivity index (χ2v) is 10.8. The second-order valence-electron chi connectivity index (χ2n) is 10.8. The molecule has 27 heavy (non-hydrogen) atoms. The number of fused-ring (bicyclic) bond motifs is 3. The number of ether oxygens (including phenoxy) is 2. The van der Waals surface area contributed by atoms with Crippen molar-refractivity contribution in [2.45, 2.75) is 83.8 Å². The molecular weight excluding hydrogens is 340 g/mol. The van der Waals surface area contributed by atoms with Gasteiger partial charge in [-0.1, -0.05) is 20.8 Å². The molecular formula is C23H34O4. The summed E-state index contributed by atoms with van der Waals surface area (Å²) in [4.78, 5) is 26.1. The van der Waals surface area contributed by atoms with Crippen LogP contribution in [-0.2, 0) is 19.1 Å². The lowest BCUT2D eigenvalue weighted by atomic mass is 9.40. The van der Waals surface area contributed by atoms with Crippen LogP contribution in [0.2, 0.25) is 0 Å². The smallest absolute Gasteiger partial charge is 0.308 e. The molecule has 4 saturated carbocycles. The minimum Gasteiger partial charge on any atom is -0.469 e. The number of ketones is 1. The Labute approximate surface area is 162 Å². The summed E-state index contributed by atoms with van der Waals surface area (Å²) >= 11 is 0. The third kappa shape index (κ3) is 1.99. The van der Waals surface area contributed by atoms with Gasteiger partial charge in [-0.05, 0) is 74.0 Å². The van der Waals surface area contributed by atoms with Crippen molar-refractivity contribution in [1.29, 1.82) is 0 Å². The van der Waals surface area contributed by atoms with Crippen LogP contribution in [0.1, 0.15) is 72.1 Å². The Hall–Kier alpha value is -0.900. The molecule has 0 radical (unpaired) electrons. The molecule has 0 amide bonds. The molecule has 0 aromatic heterocycles. The van der Waals surface area contributed by atoms with Crippen molar-refractivity contribution in [3.05, 3.63) is 0 Å². The molecule has 4 nitrogen and oxygen atoms in total. The van der Waals surface area contributed by atoms with E-state index in [0.29, 0.717) is 36.1 Å². The molecule has 6 fully saturated rings. The minimum atomic E-state index is -0.537. The third-order valence-corrected chi connectivity index (χ3v) is 10.1. The van der Waals surface area contributed by atoms with Gasteiger partial charge in [0.05, 0.1) is 19.1 Å². The molecule has 0 aromatic rings. The van der Waals surface area contributed by atoms with Crippen LogP contribution >= 0.6 is 0 Å². The van der Waals surface area contributed by atoms with Crippen LogP contribution < -0.4 is 0 Å². The van der Waals surface area contributed by atoms with Crippen molar-refractivity contribution in [1.82, 2.24) is 0 Å². The number of methoxy groups -OCH3 is 1. The average molecular weight is 375 g/mol. The van der Waals surface area contributed by atoms with Crippen LogP contribution in [0.25, 0.3) is 0 Å². The molecule has 6 aliphatic rings. The zero-order valence-corrected chi connectivity index (χ0v) is 17.3. The lowest BCUT2D eigenvalue weighted by molar-refractivity contribution is -0.307. The molecule has 4 aliphatic carbocycles. The molecule has 0 N–H and O–H groups in total. The maximum atomic E-state index is 13.9. The molecule has 6 rings (SSSR count). The summed E-state index contributed by atoms with van der Waals surface area (Å²) in [5, 5.41) is 0. The minimum absolute atomic E-state index is 0.0229. The summed E-state index contributed by atoms with van der Waals surface area (Å²) in [5.41, 5.74) is -0.608. The second kappa shape index (κ2) is 5.58. The van der Waals surface area contributed by atoms with Crippen molar-refractivity contribution >= 4 is 11.8 Å². The van der Waals surface area contributed by atoms with Gasteiger partial charge in [0, 0.05) is 11.8 Å². The Kier molecular flexibility index (Phi) is 3.75. The number of esters is 1. The molecule has 4 bridgehead atoms. The Morgan fingerprint density at radius 2 is 1.89 bits per heavy atom. The SMILES string of the molecule is COC(=O)[C@H](C)[C@H]1CC[C@H]2[C@@H]3CC[C@@H]4C[C@H]5CC[C@]4(C)[C@@]3(O5)C(=O)C[C@]12C. The van der Waals surface area contributed by atoms with Gasteiger partial charge in [0.2, 0.25) is 0 Å². The third-order valence-electron chi connectivity index (χ3n) is 10.1. The first-order valence-corrected chi connectivity index (χ1v) is 11.1. The van der Waals surface area contributed by atoms with Gasteiger partial charge in [-0.3, -0.25) is 9.59 Å². The van der Waals surface area contributed by atoms with Gasteiger partial charge >= 0.3 is 5.97 Å². The number of Topliss-reactive ketones (excluding diaryl/α,β-unsaturated/α-hetero) is 1. The van der Waals surface area contributed by atoms with Crippen LogP contribution in [0.5, 0.6) is 0 Å². The highest BCUT2D eigenvalue weighted by molar-refractivity contribution is 5.91. The Morgan fingerprint density at radius 1 is 1.15 bits per heavy atom. The van der Waals surface area contributed by atoms with Crippen LogP contribution in [0.15, 0.2) is 0 Å². The molecule has 0 aromatic carbocycles. The van der Waals surface area contributed by atoms with Gasteiger partial charge in [-0.25, -0.2) is 0 Å². The van der Waals surface area contributed by atoms with Gasteiger partial charge in [-0.2, -0.15) is 0 Å². The molecule has 150 valence electrons. The van der Waals surface area contributed by atoms with Crippen molar-refractivity contribution in [2.75, 3.05) is 7.11 Å². The number of carbonyl (C=O) groups is 2. The molecule has 4 heteroatoms. The van der Waals surface area contributed by atoms with Gasteiger partial charge in [-0.15, -0.1) is 0 Å². The van der Waals surface area contributed by atoms with Gasteiger partial charge < -0.3 is 9.47 Å². The van der Waals surface area contributed by atoms with Crippen molar-refractivity contribution in [3.8, 4) is 0 Å². The summed E-state index contributed by atoms with van der Waals surface area (Å²) in [6.45, 7) is 6.65. The van der Waals surface area contributed by atoms with E-state index in [9.17, 15) is 9.59 Å². The lowest BCUT2D eigenvalue weighted by Gasteiger charge is -2.70. The number of hydrogen-bond acceptors (Lipinski definition) is 4. The van der Waals surface area contributed by atoms with E-state index in [0.717, 1.165) is 38.5 Å². The van der Waals surface area contributed by atoms with E-state index >= 15 is 0 Å². The standard InChI is InChI=1S/C23H34O4/c1-13(20(25)26-4)16-7-8-17-18-6-5-14-11-15-9-10-22(14,3)23(18,27-15)19(24)12-21(16,17)2/h13-18H,5-12H2,1-4H3/t13-,14-,15-,16-,17+,18+,21-,22+,23+/m1/s1. The summed E-state index contributed by atoms with van der Waals surface area (Å²) in [6.07, 6.45) is 8.82. The molecule has 1 spiro atoms. The first-order chi connectivity index (χ1) is 12.8. The monoisotopic (exact) mass is 374 g/mol. The number of rotatable bonds is 2. The highest BCUT2D eigenvalue weighted by Gasteiger charge is 2.74. The van der Waals surface area contributed by atoms with E-state index in [4.69, 9.17) is 9.47 Å². The fourth-order valence-corrected chi connectivity index (χ4v) is 8.83. The zero-order chi connectivity index (χ0) is 19.2. The molecule has 0 unspecified atom stereocenters. The number of hydrogen-bond donors (Lipinski definition) is 0. The van der Waals surface area contributed by atoms with E-state index in [1.54, 1.807) is 0 Å². The summed E-state index contributed by atoms with van der Waals surface area (Å²) < 4.78 is 11.8. The van der Waals surface area contributed by atoms with Crippen molar-refractivity contribution in [2.24, 2.45) is 40.4 Å². The highest BCUT2D eigenvalue weighted by Crippen LogP contribution is 2.72. The quantitative estimate of drug-likeness (QED) is 0.681. The normalized spacial score (nSPS) is 54.2. The topological polar surface area (TPSA) is 52.6 Å². The van der Waals surface area contributed by atoms with E-state index < -0.39 is 5.60 Å². The predicted molar refractivity (Wildman–Crippen MR) is 101 cm³/mol. The largest absolute Gasteiger partial charge is 0.469 e. The van der Waals surface area contributed by atoms with E-state index in [1.165, 1.54) is 13.5 Å². The van der Waals surface area contributed by atoms with Crippen molar-refractivity contribution in [3.63, 3.8) is 0 Å². The van der Waals surface area contributed by atoms with Crippen LogP contribution in [0.4, 0.5) is 0 Å². The van der Waals surface area contributed by atoms with Crippen LogP contribution in [0.3, 0.4) is 0 Å². The fraction of sp³-hybridized carbons (Fsp3) is 0.913. The van der Waals surface area contributed by atoms with Gasteiger partial charge in [0.25, 0.3) is 0 Å². The van der Waals surface area contributed by atoms with Gasteiger partial charge in [0.1, 0.15) is 5.60 Å². The Bertz CT molecular complexity index is 688. The van der Waals surface area contributed by atoms with Crippen LogP contribution in [0, 0.1) is 40.4 Å². The average Bonchev–Trinajstić information content (AvgIpc) is 2.96. The summed E-state index contributed by atoms with van der Waals surface area (Å²) in [6, 6.07) is 0. The lowest BCUT2D eigenvalue weighted by Crippen LogP contribution is -2.75. The molecule has 2 saturated heterocycles. The van der Waals surface area contributed by atoms with E-state index in [2.05, 4.69) is 13.8 Å². The highest BCUT2D eigenvalue weighted by atomic mass is 16.5. The summed E-state index contributed by atoms with van der Waals surface area (Å²) in [5.74, 6) is 1.81. The fourth-order valence-electron chi connectivity index (χ4n) is 8.83. The predicted octanol–water partition coefficient (Wildman–Crippen LogP) is 4.15. The Morgan fingerprint density at radius 3 is 2.63 bits per heavy atom. The maximum absolute atomic E-state index is 13.9. The molecule has 2 heterocycles. The first kappa shape index (κ1) is 18.1. The summed E-state index contributed by atoms with van der Waals surface area (Å²) in [7, 11) is 1.48. The van der Waals surface area contributed by atoms with E-state index in [-0.39, 0.29) is 28.6 Å². The zero-order valence-electron chi connectivity index (χ0n) is 17.3. The van der Waals surface area contributed by atoms with Crippen LogP contribution in [-0.4, -0.2) is 30.6 Å².